The highest BCUT2D eigenvalue weighted by molar-refractivity contribution is 5.76. The molecule has 2 saturated carbocycles. The molecule has 152 valence electrons. The van der Waals surface area contributed by atoms with E-state index in [0.717, 1.165) is 25.7 Å². The maximum absolute atomic E-state index is 12.0. The first-order chi connectivity index (χ1) is 13.7. The van der Waals surface area contributed by atoms with E-state index in [2.05, 4.69) is 45.4 Å². The van der Waals surface area contributed by atoms with Crippen LogP contribution >= 0.6 is 0 Å². The number of likely N-dealkylation sites (tertiary alicyclic amines) is 2. The lowest BCUT2D eigenvalue weighted by Gasteiger charge is -2.50. The lowest BCUT2D eigenvalue weighted by Crippen LogP contribution is -2.52. The first kappa shape index (κ1) is 18.6. The molecule has 1 aromatic carbocycles. The van der Waals surface area contributed by atoms with Gasteiger partial charge >= 0.3 is 0 Å². The molecule has 0 bridgehead atoms. The summed E-state index contributed by atoms with van der Waals surface area (Å²) in [5, 5.41) is 3.13. The van der Waals surface area contributed by atoms with Crippen molar-refractivity contribution in [2.75, 3.05) is 32.7 Å². The summed E-state index contributed by atoms with van der Waals surface area (Å²) in [5.41, 5.74) is 2.01. The minimum Gasteiger partial charge on any atom is -0.353 e. The maximum atomic E-state index is 12.0. The molecule has 28 heavy (non-hydrogen) atoms. The van der Waals surface area contributed by atoms with Crippen LogP contribution in [0.1, 0.15) is 62.8 Å². The second-order valence-corrected chi connectivity index (χ2v) is 9.91. The summed E-state index contributed by atoms with van der Waals surface area (Å²) in [6, 6.07) is 12.6. The average molecular weight is 382 g/mol. The Bertz CT molecular complexity index is 674. The summed E-state index contributed by atoms with van der Waals surface area (Å²) < 4.78 is 0. The van der Waals surface area contributed by atoms with Crippen LogP contribution in [0.15, 0.2) is 30.3 Å². The predicted octanol–water partition coefficient (Wildman–Crippen LogP) is 3.39. The van der Waals surface area contributed by atoms with Crippen LogP contribution < -0.4 is 5.32 Å². The second-order valence-electron chi connectivity index (χ2n) is 9.91. The van der Waals surface area contributed by atoms with E-state index in [4.69, 9.17) is 0 Å². The fourth-order valence-corrected chi connectivity index (χ4v) is 5.50. The topological polar surface area (TPSA) is 35.6 Å². The van der Waals surface area contributed by atoms with Crippen LogP contribution in [-0.4, -0.2) is 60.5 Å². The number of amides is 1. The molecule has 1 amide bonds. The van der Waals surface area contributed by atoms with Gasteiger partial charge in [0, 0.05) is 38.1 Å². The van der Waals surface area contributed by atoms with Crippen molar-refractivity contribution in [2.24, 2.45) is 5.41 Å². The number of hydrogen-bond acceptors (Lipinski definition) is 3. The van der Waals surface area contributed by atoms with Gasteiger partial charge < -0.3 is 10.2 Å². The minimum atomic E-state index is 0.254. The van der Waals surface area contributed by atoms with Crippen LogP contribution in [0.2, 0.25) is 0 Å². The molecule has 2 aliphatic carbocycles. The van der Waals surface area contributed by atoms with Gasteiger partial charge in [0.05, 0.1) is 0 Å². The van der Waals surface area contributed by atoms with Crippen molar-refractivity contribution in [1.82, 2.24) is 15.1 Å². The lowest BCUT2D eigenvalue weighted by molar-refractivity contribution is -0.121. The quantitative estimate of drug-likeness (QED) is 0.820. The van der Waals surface area contributed by atoms with Crippen molar-refractivity contribution in [2.45, 2.75) is 69.4 Å². The highest BCUT2D eigenvalue weighted by atomic mass is 16.1. The Labute approximate surface area is 169 Å². The SMILES string of the molecule is O=C(CCN1CCC2(CC1)C[C@H](c1ccccc1)CN(C1CC1)C2)NC1CC1. The second kappa shape index (κ2) is 7.79. The Morgan fingerprint density at radius 2 is 1.82 bits per heavy atom. The molecule has 1 aromatic rings. The number of piperidine rings is 2. The van der Waals surface area contributed by atoms with Crippen molar-refractivity contribution in [3.05, 3.63) is 35.9 Å². The van der Waals surface area contributed by atoms with Gasteiger partial charge in [0.15, 0.2) is 0 Å². The summed E-state index contributed by atoms with van der Waals surface area (Å²) in [6.07, 6.45) is 9.77. The number of carbonyl (C=O) groups is 1. The number of nitrogens with zero attached hydrogens (tertiary/aromatic N) is 2. The van der Waals surface area contributed by atoms with Crippen LogP contribution in [0.3, 0.4) is 0 Å². The standard InChI is InChI=1S/C24H35N3O/c28-23(25-21-6-7-21)10-13-26-14-11-24(12-15-26)16-20(19-4-2-1-3-5-19)17-27(18-24)22-8-9-22/h1-5,20-22H,6-18H2,(H,25,28)/t20-/m0/s1. The molecular weight excluding hydrogens is 346 g/mol. The molecule has 0 unspecified atom stereocenters. The highest BCUT2D eigenvalue weighted by Crippen LogP contribution is 2.47. The fraction of sp³-hybridized carbons (Fsp3) is 0.708. The number of rotatable bonds is 6. The van der Waals surface area contributed by atoms with Gasteiger partial charge in [-0.1, -0.05) is 30.3 Å². The third-order valence-electron chi connectivity index (χ3n) is 7.52. The molecule has 1 N–H and O–H groups in total. The summed E-state index contributed by atoms with van der Waals surface area (Å²) in [7, 11) is 0. The molecule has 2 aliphatic heterocycles. The molecule has 1 atom stereocenters. The van der Waals surface area contributed by atoms with E-state index in [9.17, 15) is 4.79 Å². The van der Waals surface area contributed by atoms with Crippen LogP contribution in [-0.2, 0) is 4.79 Å². The van der Waals surface area contributed by atoms with E-state index in [0.29, 0.717) is 23.8 Å². The zero-order chi connectivity index (χ0) is 19.0. The molecule has 4 aliphatic rings. The van der Waals surface area contributed by atoms with E-state index in [1.165, 1.54) is 63.6 Å². The monoisotopic (exact) mass is 381 g/mol. The molecule has 4 fully saturated rings. The number of nitrogens with one attached hydrogen (secondary N) is 1. The molecule has 5 rings (SSSR count). The molecule has 2 saturated heterocycles. The summed E-state index contributed by atoms with van der Waals surface area (Å²) in [6.45, 7) is 5.81. The molecule has 1 spiro atoms. The Morgan fingerprint density at radius 1 is 1.07 bits per heavy atom. The van der Waals surface area contributed by atoms with E-state index in [-0.39, 0.29) is 5.91 Å². The summed E-state index contributed by atoms with van der Waals surface area (Å²) >= 11 is 0. The van der Waals surface area contributed by atoms with Crippen LogP contribution in [0.4, 0.5) is 0 Å². The van der Waals surface area contributed by atoms with E-state index in [1.807, 2.05) is 0 Å². The Morgan fingerprint density at radius 3 is 2.50 bits per heavy atom. The van der Waals surface area contributed by atoms with E-state index in [1.54, 1.807) is 0 Å². The predicted molar refractivity (Wildman–Crippen MR) is 112 cm³/mol. The van der Waals surface area contributed by atoms with Gasteiger partial charge in [-0.15, -0.1) is 0 Å². The van der Waals surface area contributed by atoms with E-state index >= 15 is 0 Å². The molecule has 4 nitrogen and oxygen atoms in total. The van der Waals surface area contributed by atoms with Crippen molar-refractivity contribution < 1.29 is 4.79 Å². The number of carbonyl (C=O) groups excluding carboxylic acids is 1. The molecule has 0 aromatic heterocycles. The lowest BCUT2D eigenvalue weighted by atomic mass is 9.68. The zero-order valence-electron chi connectivity index (χ0n) is 17.1. The Hall–Kier alpha value is -1.39. The molecule has 4 heteroatoms. The molecule has 2 heterocycles. The van der Waals surface area contributed by atoms with Gasteiger partial charge in [0.25, 0.3) is 0 Å². The van der Waals surface area contributed by atoms with E-state index < -0.39 is 0 Å². The van der Waals surface area contributed by atoms with Crippen molar-refractivity contribution in [1.29, 1.82) is 0 Å². The Balaban J connectivity index is 1.19. The zero-order valence-corrected chi connectivity index (χ0v) is 17.1. The first-order valence-electron chi connectivity index (χ1n) is 11.5. The number of hydrogen-bond donors (Lipinski definition) is 1. The highest BCUT2D eigenvalue weighted by Gasteiger charge is 2.45. The van der Waals surface area contributed by atoms with Gasteiger partial charge in [0.1, 0.15) is 0 Å². The first-order valence-corrected chi connectivity index (χ1v) is 11.5. The third kappa shape index (κ3) is 4.44. The average Bonchev–Trinajstić information content (AvgIpc) is 3.62. The van der Waals surface area contributed by atoms with Gasteiger partial charge in [-0.25, -0.2) is 0 Å². The largest absolute Gasteiger partial charge is 0.353 e. The smallest absolute Gasteiger partial charge is 0.221 e. The normalized spacial score (nSPS) is 28.4. The van der Waals surface area contributed by atoms with Crippen molar-refractivity contribution >= 4 is 5.91 Å². The van der Waals surface area contributed by atoms with Crippen LogP contribution in [0, 0.1) is 5.41 Å². The van der Waals surface area contributed by atoms with Crippen molar-refractivity contribution in [3.8, 4) is 0 Å². The minimum absolute atomic E-state index is 0.254. The van der Waals surface area contributed by atoms with Gasteiger partial charge in [-0.05, 0) is 74.9 Å². The van der Waals surface area contributed by atoms with Crippen LogP contribution in [0.25, 0.3) is 0 Å². The van der Waals surface area contributed by atoms with Gasteiger partial charge in [0.2, 0.25) is 5.91 Å². The molecular formula is C24H35N3O. The van der Waals surface area contributed by atoms with Crippen LogP contribution in [0.5, 0.6) is 0 Å². The Kier molecular flexibility index (Phi) is 5.18. The summed E-state index contributed by atoms with van der Waals surface area (Å²) in [4.78, 5) is 17.4. The van der Waals surface area contributed by atoms with Crippen molar-refractivity contribution in [3.63, 3.8) is 0 Å². The molecule has 0 radical (unpaired) electrons. The summed E-state index contributed by atoms with van der Waals surface area (Å²) in [5.74, 6) is 0.941. The fourth-order valence-electron chi connectivity index (χ4n) is 5.50. The third-order valence-corrected chi connectivity index (χ3v) is 7.52. The van der Waals surface area contributed by atoms with Gasteiger partial charge in [-0.2, -0.15) is 0 Å². The van der Waals surface area contributed by atoms with Gasteiger partial charge in [-0.3, -0.25) is 9.69 Å². The maximum Gasteiger partial charge on any atom is 0.221 e. The number of benzene rings is 1.